The third kappa shape index (κ3) is 2.93. The maximum Gasteiger partial charge on any atom is 0.232 e. The van der Waals surface area contributed by atoms with Crippen LogP contribution in [0.3, 0.4) is 0 Å². The van der Waals surface area contributed by atoms with Crippen molar-refractivity contribution in [3.8, 4) is 17.1 Å². The van der Waals surface area contributed by atoms with Crippen LogP contribution in [0.25, 0.3) is 16.9 Å². The highest BCUT2D eigenvalue weighted by molar-refractivity contribution is 7.09. The molecular weight excluding hydrogens is 330 g/mol. The minimum Gasteiger partial charge on any atom is -0.471 e. The fourth-order valence-electron chi connectivity index (χ4n) is 2.32. The Morgan fingerprint density at radius 1 is 1.13 bits per heavy atom. The first-order chi connectivity index (χ1) is 11.3. The predicted molar refractivity (Wildman–Crippen MR) is 92.1 cm³/mol. The molecule has 3 heterocycles. The van der Waals surface area contributed by atoms with E-state index in [0.717, 1.165) is 21.8 Å². The molecule has 0 aliphatic rings. The molecule has 1 aromatic carbocycles. The van der Waals surface area contributed by atoms with E-state index in [1.54, 1.807) is 22.0 Å². The van der Waals surface area contributed by atoms with Crippen LogP contribution in [0.1, 0.15) is 4.88 Å². The lowest BCUT2D eigenvalue weighted by Gasteiger charge is -2.06. The van der Waals surface area contributed by atoms with Gasteiger partial charge in [0.15, 0.2) is 5.65 Å². The summed E-state index contributed by atoms with van der Waals surface area (Å²) < 4.78 is 7.54. The standard InChI is InChI=1S/C17H12ClN3OS/c18-13-4-1-3-12(9-13)15-10-19-16-6-7-17(20-21(15)16)22-11-14-5-2-8-23-14/h1-10H,11H2. The molecule has 3 aromatic heterocycles. The topological polar surface area (TPSA) is 39.4 Å². The van der Waals surface area contributed by atoms with Crippen LogP contribution >= 0.6 is 22.9 Å². The number of aromatic nitrogens is 3. The molecule has 4 rings (SSSR count). The van der Waals surface area contributed by atoms with Gasteiger partial charge in [0.2, 0.25) is 5.88 Å². The second-order valence-electron chi connectivity index (χ2n) is 4.96. The second-order valence-corrected chi connectivity index (χ2v) is 6.43. The van der Waals surface area contributed by atoms with E-state index in [4.69, 9.17) is 16.3 Å². The van der Waals surface area contributed by atoms with E-state index in [1.807, 2.05) is 53.9 Å². The molecular formula is C17H12ClN3OS. The lowest BCUT2D eigenvalue weighted by Crippen LogP contribution is -2.00. The van der Waals surface area contributed by atoms with Gasteiger partial charge in [-0.3, -0.25) is 0 Å². The summed E-state index contributed by atoms with van der Waals surface area (Å²) >= 11 is 7.74. The summed E-state index contributed by atoms with van der Waals surface area (Å²) in [5, 5.41) is 7.25. The van der Waals surface area contributed by atoms with Gasteiger partial charge in [-0.25, -0.2) is 9.50 Å². The van der Waals surface area contributed by atoms with Gasteiger partial charge in [0, 0.05) is 21.5 Å². The molecule has 23 heavy (non-hydrogen) atoms. The number of halogens is 1. The van der Waals surface area contributed by atoms with Gasteiger partial charge in [0.1, 0.15) is 6.61 Å². The minimum absolute atomic E-state index is 0.511. The third-order valence-electron chi connectivity index (χ3n) is 3.40. The summed E-state index contributed by atoms with van der Waals surface area (Å²) in [4.78, 5) is 5.54. The van der Waals surface area contributed by atoms with Crippen LogP contribution in [-0.2, 0) is 6.61 Å². The van der Waals surface area contributed by atoms with Crippen molar-refractivity contribution in [2.75, 3.05) is 0 Å². The Balaban J connectivity index is 1.68. The van der Waals surface area contributed by atoms with Crippen LogP contribution in [0.2, 0.25) is 5.02 Å². The highest BCUT2D eigenvalue weighted by Crippen LogP contribution is 2.24. The van der Waals surface area contributed by atoms with Crippen molar-refractivity contribution in [1.29, 1.82) is 0 Å². The molecule has 0 amide bonds. The maximum atomic E-state index is 6.08. The Morgan fingerprint density at radius 3 is 2.91 bits per heavy atom. The smallest absolute Gasteiger partial charge is 0.232 e. The molecule has 114 valence electrons. The summed E-state index contributed by atoms with van der Waals surface area (Å²) in [6.45, 7) is 0.511. The number of fused-ring (bicyclic) bond motifs is 1. The van der Waals surface area contributed by atoms with Crippen molar-refractivity contribution in [3.63, 3.8) is 0 Å². The Hall–Kier alpha value is -2.37. The van der Waals surface area contributed by atoms with Gasteiger partial charge < -0.3 is 4.74 Å². The Morgan fingerprint density at radius 2 is 2.09 bits per heavy atom. The lowest BCUT2D eigenvalue weighted by molar-refractivity contribution is 0.292. The zero-order valence-electron chi connectivity index (χ0n) is 12.0. The van der Waals surface area contributed by atoms with Gasteiger partial charge in [-0.05, 0) is 29.6 Å². The first kappa shape index (κ1) is 14.2. The molecule has 0 radical (unpaired) electrons. The monoisotopic (exact) mass is 341 g/mol. The van der Waals surface area contributed by atoms with Crippen LogP contribution < -0.4 is 4.74 Å². The van der Waals surface area contributed by atoms with Crippen LogP contribution in [0.5, 0.6) is 5.88 Å². The number of thiophene rings is 1. The van der Waals surface area contributed by atoms with Crippen molar-refractivity contribution in [2.45, 2.75) is 6.61 Å². The Kier molecular flexibility index (Phi) is 3.73. The number of imidazole rings is 1. The van der Waals surface area contributed by atoms with Crippen molar-refractivity contribution in [3.05, 3.63) is 70.0 Å². The van der Waals surface area contributed by atoms with Gasteiger partial charge in [-0.1, -0.05) is 29.8 Å². The van der Waals surface area contributed by atoms with E-state index in [2.05, 4.69) is 10.1 Å². The van der Waals surface area contributed by atoms with Crippen LogP contribution in [0.15, 0.2) is 60.1 Å². The highest BCUT2D eigenvalue weighted by Gasteiger charge is 2.09. The molecule has 0 bridgehead atoms. The van der Waals surface area contributed by atoms with Crippen LogP contribution in [-0.4, -0.2) is 14.6 Å². The fourth-order valence-corrected chi connectivity index (χ4v) is 3.12. The quantitative estimate of drug-likeness (QED) is 0.540. The Bertz CT molecular complexity index is 950. The van der Waals surface area contributed by atoms with Gasteiger partial charge in [-0.15, -0.1) is 16.4 Å². The van der Waals surface area contributed by atoms with E-state index in [0.29, 0.717) is 17.5 Å². The highest BCUT2D eigenvalue weighted by atomic mass is 35.5. The molecule has 4 aromatic rings. The number of ether oxygens (including phenoxy) is 1. The average Bonchev–Trinajstić information content (AvgIpc) is 3.22. The SMILES string of the molecule is Clc1cccc(-c2cnc3ccc(OCc4cccs4)nn23)c1. The zero-order chi connectivity index (χ0) is 15.6. The summed E-state index contributed by atoms with van der Waals surface area (Å²) in [5.41, 5.74) is 2.61. The first-order valence-corrected chi connectivity index (χ1v) is 8.31. The first-order valence-electron chi connectivity index (χ1n) is 7.05. The minimum atomic E-state index is 0.511. The molecule has 0 spiro atoms. The number of hydrogen-bond donors (Lipinski definition) is 0. The summed E-state index contributed by atoms with van der Waals surface area (Å²) in [7, 11) is 0. The largest absolute Gasteiger partial charge is 0.471 e. The van der Waals surface area contributed by atoms with Crippen molar-refractivity contribution < 1.29 is 4.74 Å². The summed E-state index contributed by atoms with van der Waals surface area (Å²) in [5.74, 6) is 0.562. The number of nitrogens with zero attached hydrogens (tertiary/aromatic N) is 3. The van der Waals surface area contributed by atoms with E-state index in [9.17, 15) is 0 Å². The number of benzene rings is 1. The molecule has 6 heteroatoms. The van der Waals surface area contributed by atoms with E-state index < -0.39 is 0 Å². The van der Waals surface area contributed by atoms with Crippen LogP contribution in [0, 0.1) is 0 Å². The fraction of sp³-hybridized carbons (Fsp3) is 0.0588. The maximum absolute atomic E-state index is 6.08. The molecule has 0 fully saturated rings. The molecule has 0 saturated carbocycles. The molecule has 0 atom stereocenters. The molecule has 0 saturated heterocycles. The number of hydrogen-bond acceptors (Lipinski definition) is 4. The predicted octanol–water partition coefficient (Wildman–Crippen LogP) is 4.69. The summed E-state index contributed by atoms with van der Waals surface area (Å²) in [6, 6.07) is 15.4. The molecule has 4 nitrogen and oxygen atoms in total. The summed E-state index contributed by atoms with van der Waals surface area (Å²) in [6.07, 6.45) is 1.79. The van der Waals surface area contributed by atoms with Gasteiger partial charge >= 0.3 is 0 Å². The normalized spacial score (nSPS) is 11.0. The third-order valence-corrected chi connectivity index (χ3v) is 4.49. The van der Waals surface area contributed by atoms with E-state index in [1.165, 1.54) is 0 Å². The van der Waals surface area contributed by atoms with Crippen molar-refractivity contribution in [2.24, 2.45) is 0 Å². The lowest BCUT2D eigenvalue weighted by atomic mass is 10.2. The van der Waals surface area contributed by atoms with Crippen LogP contribution in [0.4, 0.5) is 0 Å². The molecule has 0 aliphatic carbocycles. The van der Waals surface area contributed by atoms with Gasteiger partial charge in [0.05, 0.1) is 11.9 Å². The number of rotatable bonds is 4. The molecule has 0 unspecified atom stereocenters. The second kappa shape index (κ2) is 6.02. The van der Waals surface area contributed by atoms with E-state index in [-0.39, 0.29) is 0 Å². The Labute approximate surface area is 141 Å². The van der Waals surface area contributed by atoms with Gasteiger partial charge in [0.25, 0.3) is 0 Å². The zero-order valence-corrected chi connectivity index (χ0v) is 13.6. The average molecular weight is 342 g/mol. The van der Waals surface area contributed by atoms with E-state index >= 15 is 0 Å². The van der Waals surface area contributed by atoms with Gasteiger partial charge in [-0.2, -0.15) is 0 Å². The molecule has 0 N–H and O–H groups in total. The molecule has 0 aliphatic heterocycles. The van der Waals surface area contributed by atoms with Crippen molar-refractivity contribution >= 4 is 28.6 Å². The van der Waals surface area contributed by atoms with Crippen molar-refractivity contribution in [1.82, 2.24) is 14.6 Å².